The lowest BCUT2D eigenvalue weighted by molar-refractivity contribution is -0.122. The Morgan fingerprint density at radius 2 is 1.78 bits per heavy atom. The Balaban J connectivity index is 1.08. The first kappa shape index (κ1) is 28.7. The molecule has 0 aromatic heterocycles. The van der Waals surface area contributed by atoms with E-state index in [0.29, 0.717) is 18.6 Å². The molecule has 216 valence electrons. The molecule has 2 N–H and O–H groups in total. The van der Waals surface area contributed by atoms with Crippen molar-refractivity contribution >= 4 is 11.9 Å². The van der Waals surface area contributed by atoms with Crippen LogP contribution in [0.5, 0.6) is 5.75 Å². The number of rotatable bonds is 10. The van der Waals surface area contributed by atoms with E-state index in [4.69, 9.17) is 4.74 Å². The number of halogens is 2. The van der Waals surface area contributed by atoms with Gasteiger partial charge in [0.2, 0.25) is 5.91 Å². The number of benzene rings is 3. The van der Waals surface area contributed by atoms with E-state index in [1.807, 2.05) is 24.3 Å². The molecular formula is C32H34F2N2O5. The fourth-order valence-corrected chi connectivity index (χ4v) is 5.23. The molecule has 0 radical (unpaired) electrons. The molecule has 7 nitrogen and oxygen atoms in total. The molecule has 9 heteroatoms. The van der Waals surface area contributed by atoms with Crippen LogP contribution in [0.1, 0.15) is 40.7 Å². The van der Waals surface area contributed by atoms with Crippen molar-refractivity contribution in [2.75, 3.05) is 26.8 Å². The normalized spacial score (nSPS) is 19.0. The highest BCUT2D eigenvalue weighted by atomic mass is 19.1. The van der Waals surface area contributed by atoms with Gasteiger partial charge in [-0.05, 0) is 60.2 Å². The highest BCUT2D eigenvalue weighted by Crippen LogP contribution is 2.39. The maximum atomic E-state index is 14.9. The molecule has 2 aliphatic rings. The third kappa shape index (κ3) is 7.10. The summed E-state index contributed by atoms with van der Waals surface area (Å²) in [6.45, 7) is 3.09. The standard InChI is InChI=1S/C32H34F2N2O5/c1-40-32(39)30-26(3-2-4-28(30)33)21-7-8-22(29(34)16-21)17-35-31(38)27-15-23(27)19-41-25-9-5-20(6-10-25)18-36-13-11-24(37)12-14-36/h2-10,16,23-24,27,37H,11-15,17-19H2,1H3,(H,35,38). The van der Waals surface area contributed by atoms with Crippen LogP contribution in [-0.2, 0) is 22.6 Å². The maximum absolute atomic E-state index is 14.9. The van der Waals surface area contributed by atoms with Crippen molar-refractivity contribution in [1.29, 1.82) is 0 Å². The number of carbonyl (C=O) groups is 2. The number of likely N-dealkylation sites (tertiary alicyclic amines) is 1. The SMILES string of the molecule is COC(=O)c1c(F)cccc1-c1ccc(CNC(=O)C2CC2COc2ccc(CN3CCC(O)CC3)cc2)c(F)c1. The molecule has 0 bridgehead atoms. The average Bonchev–Trinajstić information content (AvgIpc) is 3.76. The lowest BCUT2D eigenvalue weighted by Gasteiger charge is -2.29. The van der Waals surface area contributed by atoms with E-state index >= 15 is 0 Å². The Kier molecular flexibility index (Phi) is 8.95. The second-order valence-corrected chi connectivity index (χ2v) is 10.7. The lowest BCUT2D eigenvalue weighted by atomic mass is 9.98. The monoisotopic (exact) mass is 564 g/mol. The Morgan fingerprint density at radius 3 is 2.49 bits per heavy atom. The van der Waals surface area contributed by atoms with Crippen molar-refractivity contribution in [3.05, 3.63) is 89.0 Å². The van der Waals surface area contributed by atoms with Crippen LogP contribution in [0.2, 0.25) is 0 Å². The summed E-state index contributed by atoms with van der Waals surface area (Å²) in [5.74, 6) is -1.63. The van der Waals surface area contributed by atoms with Gasteiger partial charge in [-0.25, -0.2) is 13.6 Å². The number of ether oxygens (including phenoxy) is 2. The first-order chi connectivity index (χ1) is 19.8. The summed E-state index contributed by atoms with van der Waals surface area (Å²) in [5.41, 5.74) is 1.78. The predicted molar refractivity (Wildman–Crippen MR) is 149 cm³/mol. The molecule has 2 fully saturated rings. The number of carbonyl (C=O) groups excluding carboxylic acids is 2. The van der Waals surface area contributed by atoms with Gasteiger partial charge in [-0.3, -0.25) is 9.69 Å². The van der Waals surface area contributed by atoms with Crippen molar-refractivity contribution in [1.82, 2.24) is 10.2 Å². The summed E-state index contributed by atoms with van der Waals surface area (Å²) in [5, 5.41) is 12.5. The molecule has 1 saturated carbocycles. The Morgan fingerprint density at radius 1 is 1.02 bits per heavy atom. The molecular weight excluding hydrogens is 530 g/mol. The minimum atomic E-state index is -0.843. The van der Waals surface area contributed by atoms with E-state index in [1.165, 1.54) is 29.8 Å². The van der Waals surface area contributed by atoms with E-state index in [-0.39, 0.29) is 47.1 Å². The zero-order valence-corrected chi connectivity index (χ0v) is 22.9. The summed E-state index contributed by atoms with van der Waals surface area (Å²) in [6.07, 6.45) is 2.16. The highest BCUT2D eigenvalue weighted by molar-refractivity contribution is 5.97. The van der Waals surface area contributed by atoms with Crippen molar-refractivity contribution in [3.8, 4) is 16.9 Å². The van der Waals surface area contributed by atoms with Crippen LogP contribution in [0.25, 0.3) is 11.1 Å². The second kappa shape index (κ2) is 12.8. The summed E-state index contributed by atoms with van der Waals surface area (Å²) in [4.78, 5) is 27.0. The molecule has 1 heterocycles. The van der Waals surface area contributed by atoms with E-state index in [1.54, 1.807) is 6.07 Å². The fraction of sp³-hybridized carbons (Fsp3) is 0.375. The predicted octanol–water partition coefficient (Wildman–Crippen LogP) is 4.71. The maximum Gasteiger partial charge on any atom is 0.341 e. The summed E-state index contributed by atoms with van der Waals surface area (Å²) in [7, 11) is 1.16. The van der Waals surface area contributed by atoms with Crippen LogP contribution in [0.3, 0.4) is 0 Å². The van der Waals surface area contributed by atoms with Crippen molar-refractivity contribution in [2.24, 2.45) is 11.8 Å². The third-order valence-corrected chi connectivity index (χ3v) is 7.83. The summed E-state index contributed by atoms with van der Waals surface area (Å²) < 4.78 is 39.7. The molecule has 1 saturated heterocycles. The number of esters is 1. The smallest absolute Gasteiger partial charge is 0.341 e. The third-order valence-electron chi connectivity index (χ3n) is 7.83. The number of amides is 1. The summed E-state index contributed by atoms with van der Waals surface area (Å²) >= 11 is 0. The van der Waals surface area contributed by atoms with Gasteiger partial charge in [0.05, 0.1) is 19.8 Å². The van der Waals surface area contributed by atoms with Gasteiger partial charge in [0.15, 0.2) is 0 Å². The van der Waals surface area contributed by atoms with Gasteiger partial charge >= 0.3 is 5.97 Å². The molecule has 0 spiro atoms. The Hall–Kier alpha value is -3.82. The topological polar surface area (TPSA) is 88.1 Å². The number of piperidine rings is 1. The molecule has 41 heavy (non-hydrogen) atoms. The zero-order valence-electron chi connectivity index (χ0n) is 22.9. The number of aliphatic hydroxyl groups excluding tert-OH is 1. The summed E-state index contributed by atoms with van der Waals surface area (Å²) in [6, 6.07) is 16.4. The number of nitrogens with one attached hydrogen (secondary N) is 1. The minimum absolute atomic E-state index is 0.0134. The van der Waals surface area contributed by atoms with Crippen molar-refractivity contribution in [3.63, 3.8) is 0 Å². The van der Waals surface area contributed by atoms with Gasteiger partial charge in [-0.15, -0.1) is 0 Å². The van der Waals surface area contributed by atoms with Gasteiger partial charge < -0.3 is 19.9 Å². The number of hydrogen-bond acceptors (Lipinski definition) is 6. The molecule has 5 rings (SSSR count). The first-order valence-electron chi connectivity index (χ1n) is 13.9. The van der Waals surface area contributed by atoms with Crippen LogP contribution in [-0.4, -0.2) is 54.8 Å². The largest absolute Gasteiger partial charge is 0.493 e. The molecule has 2 atom stereocenters. The van der Waals surface area contributed by atoms with Crippen molar-refractivity contribution in [2.45, 2.75) is 38.5 Å². The molecule has 2 unspecified atom stereocenters. The van der Waals surface area contributed by atoms with E-state index in [9.17, 15) is 23.5 Å². The Labute approximate surface area is 238 Å². The van der Waals surface area contributed by atoms with Crippen LogP contribution in [0.15, 0.2) is 60.7 Å². The fourth-order valence-electron chi connectivity index (χ4n) is 5.23. The molecule has 3 aromatic rings. The first-order valence-corrected chi connectivity index (χ1v) is 13.9. The molecule has 1 amide bonds. The molecule has 1 aliphatic heterocycles. The van der Waals surface area contributed by atoms with Gasteiger partial charge in [-0.1, -0.05) is 36.4 Å². The van der Waals surface area contributed by atoms with Gasteiger partial charge in [0.25, 0.3) is 0 Å². The van der Waals surface area contributed by atoms with Gasteiger partial charge in [0.1, 0.15) is 22.9 Å². The van der Waals surface area contributed by atoms with E-state index < -0.39 is 17.6 Å². The van der Waals surface area contributed by atoms with Crippen LogP contribution >= 0.6 is 0 Å². The highest BCUT2D eigenvalue weighted by Gasteiger charge is 2.43. The number of hydrogen-bond donors (Lipinski definition) is 2. The van der Waals surface area contributed by atoms with Crippen LogP contribution < -0.4 is 10.1 Å². The Bertz CT molecular complexity index is 1390. The lowest BCUT2D eigenvalue weighted by Crippen LogP contribution is -2.35. The number of aliphatic hydroxyl groups is 1. The van der Waals surface area contributed by atoms with Gasteiger partial charge in [-0.2, -0.15) is 0 Å². The van der Waals surface area contributed by atoms with Crippen LogP contribution in [0.4, 0.5) is 8.78 Å². The quantitative estimate of drug-likeness (QED) is 0.347. The van der Waals surface area contributed by atoms with Crippen molar-refractivity contribution < 1.29 is 33.0 Å². The second-order valence-electron chi connectivity index (χ2n) is 10.7. The number of methoxy groups -OCH3 is 1. The molecule has 3 aromatic carbocycles. The van der Waals surface area contributed by atoms with E-state index in [2.05, 4.69) is 15.0 Å². The van der Waals surface area contributed by atoms with Crippen LogP contribution in [0, 0.1) is 23.5 Å². The average molecular weight is 565 g/mol. The zero-order chi connectivity index (χ0) is 28.9. The molecule has 1 aliphatic carbocycles. The van der Waals surface area contributed by atoms with E-state index in [0.717, 1.165) is 51.4 Å². The minimum Gasteiger partial charge on any atom is -0.493 e. The number of nitrogens with zero attached hydrogens (tertiary/aromatic N) is 1. The van der Waals surface area contributed by atoms with Gasteiger partial charge in [0, 0.05) is 43.6 Å².